The predicted molar refractivity (Wildman–Crippen MR) is 63.6 cm³/mol. The Kier molecular flexibility index (Phi) is 4.21. The van der Waals surface area contributed by atoms with Gasteiger partial charge in [-0.1, -0.05) is 17.3 Å². The number of phenols is 1. The van der Waals surface area contributed by atoms with E-state index in [0.29, 0.717) is 11.4 Å². The van der Waals surface area contributed by atoms with Crippen molar-refractivity contribution < 1.29 is 15.1 Å². The van der Waals surface area contributed by atoms with Crippen molar-refractivity contribution in [2.45, 2.75) is 13.8 Å². The van der Waals surface area contributed by atoms with E-state index in [-0.39, 0.29) is 11.3 Å². The van der Waals surface area contributed by atoms with Gasteiger partial charge in [0.2, 0.25) is 0 Å². The number of oxime groups is 1. The van der Waals surface area contributed by atoms with Crippen molar-refractivity contribution >= 4 is 17.3 Å². The van der Waals surface area contributed by atoms with Crippen molar-refractivity contribution in [2.24, 2.45) is 10.3 Å². The Balaban J connectivity index is 2.78. The van der Waals surface area contributed by atoms with Crippen LogP contribution in [-0.2, 0) is 0 Å². The average molecular weight is 235 g/mol. The van der Waals surface area contributed by atoms with Crippen molar-refractivity contribution in [1.82, 2.24) is 5.43 Å². The van der Waals surface area contributed by atoms with Gasteiger partial charge < -0.3 is 10.3 Å². The van der Waals surface area contributed by atoms with Crippen LogP contribution in [0.4, 0.5) is 0 Å². The van der Waals surface area contributed by atoms with E-state index in [0.717, 1.165) is 0 Å². The van der Waals surface area contributed by atoms with Crippen molar-refractivity contribution in [3.8, 4) is 5.75 Å². The first-order valence-corrected chi connectivity index (χ1v) is 4.88. The molecule has 90 valence electrons. The van der Waals surface area contributed by atoms with Gasteiger partial charge in [-0.2, -0.15) is 5.10 Å². The number of benzene rings is 1. The van der Waals surface area contributed by atoms with Crippen LogP contribution in [0.2, 0.25) is 0 Å². The van der Waals surface area contributed by atoms with Crippen molar-refractivity contribution in [2.75, 3.05) is 0 Å². The number of carbonyl (C=O) groups is 1. The van der Waals surface area contributed by atoms with Crippen LogP contribution in [0.25, 0.3) is 0 Å². The molecule has 17 heavy (non-hydrogen) atoms. The summed E-state index contributed by atoms with van der Waals surface area (Å²) in [7, 11) is 0. The second-order valence-corrected chi connectivity index (χ2v) is 3.34. The molecule has 1 rings (SSSR count). The number of hydrogen-bond acceptors (Lipinski definition) is 5. The number of hydrazone groups is 1. The first-order valence-electron chi connectivity index (χ1n) is 4.88. The van der Waals surface area contributed by atoms with E-state index in [1.807, 2.05) is 0 Å². The summed E-state index contributed by atoms with van der Waals surface area (Å²) in [4.78, 5) is 11.6. The third-order valence-electron chi connectivity index (χ3n) is 2.15. The maximum absolute atomic E-state index is 11.6. The normalized spacial score (nSPS) is 12.4. The van der Waals surface area contributed by atoms with Gasteiger partial charge >= 0.3 is 0 Å². The molecule has 0 saturated heterocycles. The number of carbonyl (C=O) groups excluding carboxylic acids is 1. The number of nitrogens with zero attached hydrogens (tertiary/aromatic N) is 2. The molecule has 0 atom stereocenters. The molecular formula is C11H13N3O3. The molecule has 0 saturated carbocycles. The Labute approximate surface area is 98.3 Å². The second-order valence-electron chi connectivity index (χ2n) is 3.34. The van der Waals surface area contributed by atoms with E-state index in [9.17, 15) is 9.90 Å². The highest BCUT2D eigenvalue weighted by Gasteiger charge is 2.09. The van der Waals surface area contributed by atoms with Crippen LogP contribution in [0.15, 0.2) is 34.5 Å². The lowest BCUT2D eigenvalue weighted by atomic mass is 10.2. The summed E-state index contributed by atoms with van der Waals surface area (Å²) in [5, 5.41) is 24.6. The van der Waals surface area contributed by atoms with Gasteiger partial charge in [0.05, 0.1) is 17.0 Å². The summed E-state index contributed by atoms with van der Waals surface area (Å²) in [6.45, 7) is 3.13. The average Bonchev–Trinajstić information content (AvgIpc) is 2.35. The molecule has 6 heteroatoms. The van der Waals surface area contributed by atoms with Gasteiger partial charge in [0, 0.05) is 0 Å². The smallest absolute Gasteiger partial charge is 0.275 e. The van der Waals surface area contributed by atoms with E-state index in [2.05, 4.69) is 15.7 Å². The van der Waals surface area contributed by atoms with Gasteiger partial charge in [-0.15, -0.1) is 0 Å². The van der Waals surface area contributed by atoms with E-state index < -0.39 is 5.91 Å². The minimum Gasteiger partial charge on any atom is -0.507 e. The molecule has 0 bridgehead atoms. The Bertz CT molecular complexity index is 481. The molecule has 1 aromatic carbocycles. The summed E-state index contributed by atoms with van der Waals surface area (Å²) >= 11 is 0. The fourth-order valence-corrected chi connectivity index (χ4v) is 1.01. The highest BCUT2D eigenvalue weighted by Crippen LogP contribution is 2.14. The van der Waals surface area contributed by atoms with E-state index in [1.165, 1.54) is 12.1 Å². The fourth-order valence-electron chi connectivity index (χ4n) is 1.01. The zero-order chi connectivity index (χ0) is 12.8. The van der Waals surface area contributed by atoms with Crippen LogP contribution in [0.3, 0.4) is 0 Å². The second kappa shape index (κ2) is 5.64. The highest BCUT2D eigenvalue weighted by molar-refractivity contribution is 6.40. The van der Waals surface area contributed by atoms with Crippen LogP contribution in [0.5, 0.6) is 5.75 Å². The van der Waals surface area contributed by atoms with Crippen molar-refractivity contribution in [1.29, 1.82) is 0 Å². The lowest BCUT2D eigenvalue weighted by Gasteiger charge is -2.03. The topological polar surface area (TPSA) is 94.3 Å². The van der Waals surface area contributed by atoms with Crippen molar-refractivity contribution in [3.05, 3.63) is 29.8 Å². The fraction of sp³-hybridized carbons (Fsp3) is 0.182. The first-order chi connectivity index (χ1) is 8.06. The quantitative estimate of drug-likeness (QED) is 0.419. The van der Waals surface area contributed by atoms with Crippen LogP contribution >= 0.6 is 0 Å². The summed E-state index contributed by atoms with van der Waals surface area (Å²) in [5.74, 6) is -0.654. The third-order valence-corrected chi connectivity index (χ3v) is 2.15. The summed E-state index contributed by atoms with van der Waals surface area (Å²) in [6.07, 6.45) is 0. The minimum atomic E-state index is -0.534. The molecule has 1 aromatic rings. The number of para-hydroxylation sites is 1. The van der Waals surface area contributed by atoms with E-state index >= 15 is 0 Å². The van der Waals surface area contributed by atoms with Gasteiger partial charge in [-0.05, 0) is 26.0 Å². The third kappa shape index (κ3) is 3.30. The summed E-state index contributed by atoms with van der Waals surface area (Å²) < 4.78 is 0. The van der Waals surface area contributed by atoms with E-state index in [1.54, 1.807) is 26.0 Å². The molecule has 3 N–H and O–H groups in total. The van der Waals surface area contributed by atoms with Gasteiger partial charge in [-0.25, -0.2) is 5.43 Å². The number of rotatable bonds is 3. The van der Waals surface area contributed by atoms with Gasteiger partial charge in [0.25, 0.3) is 5.91 Å². The lowest BCUT2D eigenvalue weighted by molar-refractivity contribution is 0.0952. The Morgan fingerprint density at radius 2 is 1.88 bits per heavy atom. The molecule has 0 aromatic heterocycles. The standard InChI is InChI=1S/C11H13N3O3/c1-7(8(2)14-17)12-13-11(16)9-5-3-4-6-10(9)15/h3-6,15,17H,1-2H3,(H,13,16). The number of hydrogen-bond donors (Lipinski definition) is 3. The molecule has 0 fully saturated rings. The first kappa shape index (κ1) is 12.7. The molecule has 0 aliphatic carbocycles. The van der Waals surface area contributed by atoms with Gasteiger partial charge in [0.1, 0.15) is 5.75 Å². The van der Waals surface area contributed by atoms with Crippen molar-refractivity contribution in [3.63, 3.8) is 0 Å². The molecule has 1 amide bonds. The number of amides is 1. The zero-order valence-corrected chi connectivity index (χ0v) is 9.51. The molecule has 0 aliphatic rings. The zero-order valence-electron chi connectivity index (χ0n) is 9.51. The van der Waals surface area contributed by atoms with Crippen LogP contribution < -0.4 is 5.43 Å². The minimum absolute atomic E-state index is 0.120. The molecule has 0 aliphatic heterocycles. The highest BCUT2D eigenvalue weighted by atomic mass is 16.4. The Morgan fingerprint density at radius 3 is 2.47 bits per heavy atom. The summed E-state index contributed by atoms with van der Waals surface area (Å²) in [5.41, 5.74) is 3.04. The molecule has 0 heterocycles. The Morgan fingerprint density at radius 1 is 1.24 bits per heavy atom. The monoisotopic (exact) mass is 235 g/mol. The van der Waals surface area contributed by atoms with E-state index in [4.69, 9.17) is 5.21 Å². The molecule has 0 unspecified atom stereocenters. The molecule has 6 nitrogen and oxygen atoms in total. The largest absolute Gasteiger partial charge is 0.507 e. The van der Waals surface area contributed by atoms with Crippen LogP contribution in [0, 0.1) is 0 Å². The van der Waals surface area contributed by atoms with Crippen LogP contribution in [-0.4, -0.2) is 27.6 Å². The number of nitrogens with one attached hydrogen (secondary N) is 1. The maximum Gasteiger partial charge on any atom is 0.275 e. The molecule has 0 spiro atoms. The SMILES string of the molecule is CC(=NO)C(C)=NNC(=O)c1ccccc1O. The number of phenolic OH excluding ortho intramolecular Hbond substituents is 1. The molecular weight excluding hydrogens is 222 g/mol. The lowest BCUT2D eigenvalue weighted by Crippen LogP contribution is -2.21. The number of aromatic hydroxyl groups is 1. The molecule has 0 radical (unpaired) electrons. The summed E-state index contributed by atoms with van der Waals surface area (Å²) in [6, 6.07) is 6.13. The van der Waals surface area contributed by atoms with Gasteiger partial charge in [-0.3, -0.25) is 4.79 Å². The van der Waals surface area contributed by atoms with Gasteiger partial charge in [0.15, 0.2) is 0 Å². The maximum atomic E-state index is 11.6. The predicted octanol–water partition coefficient (Wildman–Crippen LogP) is 1.35. The Hall–Kier alpha value is -2.37. The van der Waals surface area contributed by atoms with Crippen LogP contribution in [0.1, 0.15) is 24.2 Å².